The van der Waals surface area contributed by atoms with E-state index in [1.54, 1.807) is 20.0 Å². The van der Waals surface area contributed by atoms with E-state index in [-0.39, 0.29) is 24.3 Å². The van der Waals surface area contributed by atoms with E-state index >= 15 is 0 Å². The summed E-state index contributed by atoms with van der Waals surface area (Å²) in [6.07, 6.45) is 1.64. The molecule has 0 saturated carbocycles. The van der Waals surface area contributed by atoms with Crippen molar-refractivity contribution in [3.05, 3.63) is 76.4 Å². The molecule has 0 saturated heterocycles. The molecule has 28 heavy (non-hydrogen) atoms. The number of rotatable bonds is 6. The Labute approximate surface area is 172 Å². The van der Waals surface area contributed by atoms with E-state index in [1.165, 1.54) is 0 Å². The second-order valence-electron chi connectivity index (χ2n) is 5.92. The fourth-order valence-corrected chi connectivity index (χ4v) is 3.23. The van der Waals surface area contributed by atoms with Crippen LogP contribution in [0.2, 0.25) is 0 Å². The number of aromatic nitrogens is 1. The number of nitrogens with zero attached hydrogens (tertiary/aromatic N) is 1. The van der Waals surface area contributed by atoms with Crippen molar-refractivity contribution in [2.24, 2.45) is 0 Å². The summed E-state index contributed by atoms with van der Waals surface area (Å²) in [7, 11) is 0. The molecule has 1 aromatic heterocycles. The van der Waals surface area contributed by atoms with Gasteiger partial charge in [0.15, 0.2) is 0 Å². The average molecular weight is 442 g/mol. The minimum atomic E-state index is -0.557. The number of hydrogen-bond acceptors (Lipinski definition) is 4. The fourth-order valence-electron chi connectivity index (χ4n) is 2.96. The van der Waals surface area contributed by atoms with Gasteiger partial charge >= 0.3 is 11.9 Å². The van der Waals surface area contributed by atoms with E-state index in [2.05, 4.69) is 15.9 Å². The zero-order valence-electron chi connectivity index (χ0n) is 15.6. The van der Waals surface area contributed by atoms with Crippen LogP contribution in [0, 0.1) is 0 Å². The Morgan fingerprint density at radius 1 is 0.893 bits per heavy atom. The topological polar surface area (TPSA) is 57.5 Å². The second-order valence-corrected chi connectivity index (χ2v) is 6.84. The minimum absolute atomic E-state index is 0.182. The lowest BCUT2D eigenvalue weighted by Crippen LogP contribution is -2.13. The van der Waals surface area contributed by atoms with Gasteiger partial charge in [0.1, 0.15) is 5.56 Å². The molecule has 0 spiro atoms. The molecule has 0 unspecified atom stereocenters. The van der Waals surface area contributed by atoms with Gasteiger partial charge in [0, 0.05) is 16.4 Å². The summed E-state index contributed by atoms with van der Waals surface area (Å²) in [6.45, 7) is 3.88. The maximum atomic E-state index is 12.8. The first kappa shape index (κ1) is 19.9. The van der Waals surface area contributed by atoms with Crippen molar-refractivity contribution in [1.82, 2.24) is 4.57 Å². The summed E-state index contributed by atoms with van der Waals surface area (Å²) >= 11 is 3.43. The molecule has 144 valence electrons. The van der Waals surface area contributed by atoms with Crippen LogP contribution in [0.25, 0.3) is 16.9 Å². The van der Waals surface area contributed by atoms with Crippen LogP contribution in [0.1, 0.15) is 34.6 Å². The number of halogens is 1. The lowest BCUT2D eigenvalue weighted by Gasteiger charge is -2.12. The van der Waals surface area contributed by atoms with Crippen LogP contribution in [-0.2, 0) is 9.47 Å². The van der Waals surface area contributed by atoms with Crippen LogP contribution in [0.3, 0.4) is 0 Å². The highest BCUT2D eigenvalue weighted by Crippen LogP contribution is 2.33. The molecule has 0 atom stereocenters. The van der Waals surface area contributed by atoms with E-state index in [1.807, 2.05) is 59.2 Å². The van der Waals surface area contributed by atoms with E-state index in [0.717, 1.165) is 15.7 Å². The fraction of sp³-hybridized carbons (Fsp3) is 0.182. The van der Waals surface area contributed by atoms with Gasteiger partial charge < -0.3 is 14.0 Å². The summed E-state index contributed by atoms with van der Waals surface area (Å²) in [5.74, 6) is -1.11. The Hall–Kier alpha value is -2.86. The summed E-state index contributed by atoms with van der Waals surface area (Å²) in [4.78, 5) is 25.4. The molecule has 0 aliphatic carbocycles. The van der Waals surface area contributed by atoms with Crippen molar-refractivity contribution in [2.45, 2.75) is 13.8 Å². The Morgan fingerprint density at radius 3 is 2.11 bits per heavy atom. The smallest absolute Gasteiger partial charge is 0.341 e. The molecular formula is C22H20BrNO4. The van der Waals surface area contributed by atoms with Crippen molar-refractivity contribution in [3.8, 4) is 16.9 Å². The van der Waals surface area contributed by atoms with Crippen LogP contribution in [-0.4, -0.2) is 29.7 Å². The van der Waals surface area contributed by atoms with Gasteiger partial charge in [0.2, 0.25) is 0 Å². The van der Waals surface area contributed by atoms with Crippen molar-refractivity contribution in [3.63, 3.8) is 0 Å². The number of esters is 2. The van der Waals surface area contributed by atoms with Crippen LogP contribution < -0.4 is 0 Å². The lowest BCUT2D eigenvalue weighted by atomic mass is 10.0. The Kier molecular flexibility index (Phi) is 6.31. The van der Waals surface area contributed by atoms with Gasteiger partial charge in [-0.3, -0.25) is 0 Å². The predicted molar refractivity (Wildman–Crippen MR) is 111 cm³/mol. The molecule has 0 bridgehead atoms. The number of carbonyl (C=O) groups excluding carboxylic acids is 2. The molecule has 6 heteroatoms. The van der Waals surface area contributed by atoms with Gasteiger partial charge in [0.25, 0.3) is 0 Å². The largest absolute Gasteiger partial charge is 0.462 e. The summed E-state index contributed by atoms with van der Waals surface area (Å²) in [6, 6.07) is 17.1. The highest BCUT2D eigenvalue weighted by atomic mass is 79.9. The normalized spacial score (nSPS) is 10.5. The van der Waals surface area contributed by atoms with E-state index in [9.17, 15) is 9.59 Å². The van der Waals surface area contributed by atoms with Crippen LogP contribution in [0.5, 0.6) is 0 Å². The number of carbonyl (C=O) groups is 2. The predicted octanol–water partition coefficient (Wildman–Crippen LogP) is 5.26. The van der Waals surface area contributed by atoms with E-state index in [0.29, 0.717) is 5.69 Å². The standard InChI is InChI=1S/C22H20BrNO4/c1-3-27-21(25)18-14-24(17-8-6-5-7-9-17)20(19(18)22(26)28-4-2)15-10-12-16(23)13-11-15/h5-14H,3-4H2,1-2H3. The molecule has 3 rings (SSSR count). The van der Waals surface area contributed by atoms with Gasteiger partial charge in [-0.2, -0.15) is 0 Å². The maximum Gasteiger partial charge on any atom is 0.341 e. The van der Waals surface area contributed by atoms with Gasteiger partial charge in [-0.05, 0) is 43.7 Å². The number of ether oxygens (including phenoxy) is 2. The quantitative estimate of drug-likeness (QED) is 0.489. The highest BCUT2D eigenvalue weighted by Gasteiger charge is 2.29. The first-order valence-electron chi connectivity index (χ1n) is 8.97. The molecule has 0 aliphatic rings. The molecule has 1 heterocycles. The van der Waals surface area contributed by atoms with E-state index in [4.69, 9.17) is 9.47 Å². The van der Waals surface area contributed by atoms with Crippen molar-refractivity contribution < 1.29 is 19.1 Å². The SMILES string of the molecule is CCOC(=O)c1cn(-c2ccccc2)c(-c2ccc(Br)cc2)c1C(=O)OCC. The Bertz CT molecular complexity index is 978. The Morgan fingerprint density at radius 2 is 1.50 bits per heavy atom. The molecule has 0 radical (unpaired) electrons. The summed E-state index contributed by atoms with van der Waals surface area (Å²) in [5.41, 5.74) is 2.57. The third-order valence-electron chi connectivity index (χ3n) is 4.13. The minimum Gasteiger partial charge on any atom is -0.462 e. The van der Waals surface area contributed by atoms with Crippen molar-refractivity contribution in [2.75, 3.05) is 13.2 Å². The molecular weight excluding hydrogens is 422 g/mol. The summed E-state index contributed by atoms with van der Waals surface area (Å²) in [5, 5.41) is 0. The molecule has 2 aromatic carbocycles. The third-order valence-corrected chi connectivity index (χ3v) is 4.66. The zero-order chi connectivity index (χ0) is 20.1. The molecule has 3 aromatic rings. The number of hydrogen-bond donors (Lipinski definition) is 0. The first-order valence-corrected chi connectivity index (χ1v) is 9.77. The van der Waals surface area contributed by atoms with Gasteiger partial charge in [-0.15, -0.1) is 0 Å². The lowest BCUT2D eigenvalue weighted by molar-refractivity contribution is 0.0481. The molecule has 5 nitrogen and oxygen atoms in total. The molecule has 0 aliphatic heterocycles. The number of para-hydroxylation sites is 1. The van der Waals surface area contributed by atoms with Crippen LogP contribution in [0.15, 0.2) is 65.3 Å². The first-order chi connectivity index (χ1) is 13.6. The maximum absolute atomic E-state index is 12.8. The van der Waals surface area contributed by atoms with Crippen molar-refractivity contribution in [1.29, 1.82) is 0 Å². The average Bonchev–Trinajstić information content (AvgIpc) is 3.10. The van der Waals surface area contributed by atoms with Gasteiger partial charge in [-0.25, -0.2) is 9.59 Å². The van der Waals surface area contributed by atoms with Crippen LogP contribution >= 0.6 is 15.9 Å². The summed E-state index contributed by atoms with van der Waals surface area (Å²) < 4.78 is 13.2. The molecule has 0 N–H and O–H groups in total. The molecule has 0 fully saturated rings. The monoisotopic (exact) mass is 441 g/mol. The second kappa shape index (κ2) is 8.89. The highest BCUT2D eigenvalue weighted by molar-refractivity contribution is 9.10. The van der Waals surface area contributed by atoms with Gasteiger partial charge in [-0.1, -0.05) is 46.3 Å². The van der Waals surface area contributed by atoms with Crippen LogP contribution in [0.4, 0.5) is 0 Å². The Balaban J connectivity index is 2.32. The zero-order valence-corrected chi connectivity index (χ0v) is 17.2. The molecule has 0 amide bonds. The third kappa shape index (κ3) is 4.02. The van der Waals surface area contributed by atoms with Crippen molar-refractivity contribution >= 4 is 27.9 Å². The van der Waals surface area contributed by atoms with E-state index < -0.39 is 11.9 Å². The number of benzene rings is 2. The van der Waals surface area contributed by atoms with Gasteiger partial charge in [0.05, 0.1) is 24.5 Å².